The number of likely N-dealkylation sites (tertiary alicyclic amines) is 1. The van der Waals surface area contributed by atoms with Gasteiger partial charge in [0, 0.05) is 19.1 Å². The lowest BCUT2D eigenvalue weighted by molar-refractivity contribution is 0.0606. The van der Waals surface area contributed by atoms with Crippen LogP contribution in [0.4, 0.5) is 0 Å². The maximum atomic E-state index is 12.7. The van der Waals surface area contributed by atoms with Crippen molar-refractivity contribution in [2.24, 2.45) is 0 Å². The van der Waals surface area contributed by atoms with Crippen LogP contribution in [0.1, 0.15) is 38.2 Å². The van der Waals surface area contributed by atoms with Gasteiger partial charge in [-0.2, -0.15) is 0 Å². The molecular formula is C19H19N3O4S. The van der Waals surface area contributed by atoms with Gasteiger partial charge in [0.2, 0.25) is 0 Å². The van der Waals surface area contributed by atoms with Gasteiger partial charge >= 0.3 is 11.7 Å². The molecule has 0 radical (unpaired) electrons. The fourth-order valence-electron chi connectivity index (χ4n) is 3.58. The summed E-state index contributed by atoms with van der Waals surface area (Å²) in [6, 6.07) is 11.0. The average Bonchev–Trinajstić information content (AvgIpc) is 3.31. The van der Waals surface area contributed by atoms with Crippen molar-refractivity contribution in [3.05, 3.63) is 56.6 Å². The molecule has 0 bridgehead atoms. The standard InChI is InChI=1S/C19H19N3O4S/c1-26-18(24)16-7-6-15(27-16)17(23)21-10-8-12(9-11-21)22-14-5-3-2-4-13(14)20-19(22)25/h2-7,12H,8-11H2,1H3,(H,20,25). The first-order valence-electron chi connectivity index (χ1n) is 8.75. The lowest BCUT2D eigenvalue weighted by Crippen LogP contribution is -2.40. The maximum absolute atomic E-state index is 12.7. The van der Waals surface area contributed by atoms with E-state index < -0.39 is 5.97 Å². The second-order valence-electron chi connectivity index (χ2n) is 6.50. The van der Waals surface area contributed by atoms with E-state index in [2.05, 4.69) is 9.72 Å². The average molecular weight is 385 g/mol. The van der Waals surface area contributed by atoms with Gasteiger partial charge in [0.25, 0.3) is 5.91 Å². The minimum atomic E-state index is -0.434. The van der Waals surface area contributed by atoms with Crippen molar-refractivity contribution in [3.8, 4) is 0 Å². The summed E-state index contributed by atoms with van der Waals surface area (Å²) in [5.74, 6) is -0.517. The molecule has 0 spiro atoms. The summed E-state index contributed by atoms with van der Waals surface area (Å²) in [6.07, 6.45) is 1.42. The lowest BCUT2D eigenvalue weighted by atomic mass is 10.0. The number of rotatable bonds is 3. The minimum Gasteiger partial charge on any atom is -0.465 e. The van der Waals surface area contributed by atoms with E-state index >= 15 is 0 Å². The van der Waals surface area contributed by atoms with Crippen LogP contribution in [0.5, 0.6) is 0 Å². The third-order valence-corrected chi connectivity index (χ3v) is 6.00. The van der Waals surface area contributed by atoms with Crippen LogP contribution in [-0.4, -0.2) is 46.5 Å². The number of H-pyrrole nitrogens is 1. The molecule has 8 heteroatoms. The van der Waals surface area contributed by atoms with Gasteiger partial charge in [-0.05, 0) is 37.1 Å². The van der Waals surface area contributed by atoms with E-state index in [9.17, 15) is 14.4 Å². The number of imidazole rings is 1. The van der Waals surface area contributed by atoms with Crippen molar-refractivity contribution in [2.75, 3.05) is 20.2 Å². The van der Waals surface area contributed by atoms with Gasteiger partial charge in [0.15, 0.2) is 0 Å². The van der Waals surface area contributed by atoms with Crippen molar-refractivity contribution in [1.82, 2.24) is 14.5 Å². The third-order valence-electron chi connectivity index (χ3n) is 4.94. The summed E-state index contributed by atoms with van der Waals surface area (Å²) >= 11 is 1.14. The van der Waals surface area contributed by atoms with E-state index in [1.165, 1.54) is 7.11 Å². The molecule has 0 atom stereocenters. The molecular weight excluding hydrogens is 366 g/mol. The maximum Gasteiger partial charge on any atom is 0.348 e. The number of benzene rings is 1. The molecule has 1 aliphatic heterocycles. The van der Waals surface area contributed by atoms with Gasteiger partial charge in [-0.15, -0.1) is 11.3 Å². The SMILES string of the molecule is COC(=O)c1ccc(C(=O)N2CCC(n3c(=O)[nH]c4ccccc43)CC2)s1. The molecule has 1 saturated heterocycles. The Hall–Kier alpha value is -2.87. The van der Waals surface area contributed by atoms with Crippen LogP contribution in [0.2, 0.25) is 0 Å². The molecule has 2 aromatic heterocycles. The van der Waals surface area contributed by atoms with Gasteiger partial charge < -0.3 is 14.6 Å². The molecule has 0 saturated carbocycles. The van der Waals surface area contributed by atoms with Crippen molar-refractivity contribution < 1.29 is 14.3 Å². The fraction of sp³-hybridized carbons (Fsp3) is 0.316. The van der Waals surface area contributed by atoms with E-state index in [4.69, 9.17) is 0 Å². The topological polar surface area (TPSA) is 84.4 Å². The molecule has 7 nitrogen and oxygen atoms in total. The Morgan fingerprint density at radius 2 is 1.81 bits per heavy atom. The number of nitrogens with zero attached hydrogens (tertiary/aromatic N) is 2. The third kappa shape index (κ3) is 3.16. The molecule has 27 heavy (non-hydrogen) atoms. The molecule has 0 aliphatic carbocycles. The first-order chi connectivity index (χ1) is 13.1. The summed E-state index contributed by atoms with van der Waals surface area (Å²) in [7, 11) is 1.32. The summed E-state index contributed by atoms with van der Waals surface area (Å²) in [4.78, 5) is 42.2. The van der Waals surface area contributed by atoms with Crippen molar-refractivity contribution in [2.45, 2.75) is 18.9 Å². The summed E-state index contributed by atoms with van der Waals surface area (Å²) < 4.78 is 6.49. The number of methoxy groups -OCH3 is 1. The summed E-state index contributed by atoms with van der Waals surface area (Å²) in [5, 5.41) is 0. The second-order valence-corrected chi connectivity index (χ2v) is 7.58. The highest BCUT2D eigenvalue weighted by molar-refractivity contribution is 7.15. The minimum absolute atomic E-state index is 0.0617. The highest BCUT2D eigenvalue weighted by atomic mass is 32.1. The molecule has 1 amide bonds. The number of thiophene rings is 1. The van der Waals surface area contributed by atoms with Gasteiger partial charge in [-0.1, -0.05) is 12.1 Å². The molecule has 1 aromatic carbocycles. The molecule has 140 valence electrons. The quantitative estimate of drug-likeness (QED) is 0.703. The molecule has 3 aromatic rings. The van der Waals surface area contributed by atoms with Crippen LogP contribution < -0.4 is 5.69 Å². The molecule has 1 N–H and O–H groups in total. The largest absolute Gasteiger partial charge is 0.465 e. The smallest absolute Gasteiger partial charge is 0.348 e. The summed E-state index contributed by atoms with van der Waals surface area (Å²) in [5.41, 5.74) is 1.62. The molecule has 0 unspecified atom stereocenters. The number of ether oxygens (including phenoxy) is 1. The highest BCUT2D eigenvalue weighted by Crippen LogP contribution is 2.27. The highest BCUT2D eigenvalue weighted by Gasteiger charge is 2.27. The molecule has 3 heterocycles. The fourth-order valence-corrected chi connectivity index (χ4v) is 4.48. The van der Waals surface area contributed by atoms with Crippen LogP contribution in [0, 0.1) is 0 Å². The number of hydrogen-bond acceptors (Lipinski definition) is 5. The Labute approximate surface area is 159 Å². The summed E-state index contributed by atoms with van der Waals surface area (Å²) in [6.45, 7) is 1.14. The number of esters is 1. The van der Waals surface area contributed by atoms with Crippen LogP contribution in [0.25, 0.3) is 11.0 Å². The predicted octanol–water partition coefficient (Wildman–Crippen LogP) is 2.66. The number of carbonyl (C=O) groups excluding carboxylic acids is 2. The van der Waals surface area contributed by atoms with E-state index in [1.807, 2.05) is 24.3 Å². The number of hydrogen-bond donors (Lipinski definition) is 1. The number of fused-ring (bicyclic) bond motifs is 1. The van der Waals surface area contributed by atoms with Crippen LogP contribution >= 0.6 is 11.3 Å². The number of aromatic amines is 1. The zero-order chi connectivity index (χ0) is 19.0. The van der Waals surface area contributed by atoms with Crippen molar-refractivity contribution in [3.63, 3.8) is 0 Å². The first kappa shape index (κ1) is 17.5. The number of nitrogens with one attached hydrogen (secondary N) is 1. The van der Waals surface area contributed by atoms with Crippen molar-refractivity contribution in [1.29, 1.82) is 0 Å². The number of piperidine rings is 1. The lowest BCUT2D eigenvalue weighted by Gasteiger charge is -2.32. The van der Waals surface area contributed by atoms with Crippen LogP contribution in [0.3, 0.4) is 0 Å². The van der Waals surface area contributed by atoms with E-state index in [-0.39, 0.29) is 17.6 Å². The van der Waals surface area contributed by atoms with Gasteiger partial charge in [-0.3, -0.25) is 9.36 Å². The molecule has 1 aliphatic rings. The number of para-hydroxylation sites is 2. The van der Waals surface area contributed by atoms with Crippen LogP contribution in [-0.2, 0) is 4.74 Å². The number of carbonyl (C=O) groups is 2. The number of aromatic nitrogens is 2. The monoisotopic (exact) mass is 385 g/mol. The molecule has 1 fully saturated rings. The zero-order valence-electron chi connectivity index (χ0n) is 14.8. The van der Waals surface area contributed by atoms with Gasteiger partial charge in [0.05, 0.1) is 23.0 Å². The Morgan fingerprint density at radius 1 is 1.11 bits per heavy atom. The van der Waals surface area contributed by atoms with E-state index in [0.717, 1.165) is 22.4 Å². The van der Waals surface area contributed by atoms with Crippen LogP contribution in [0.15, 0.2) is 41.2 Å². The van der Waals surface area contributed by atoms with Crippen molar-refractivity contribution >= 4 is 34.2 Å². The van der Waals surface area contributed by atoms with Gasteiger partial charge in [-0.25, -0.2) is 9.59 Å². The Bertz CT molecular complexity index is 1060. The normalized spacial score (nSPS) is 15.2. The van der Waals surface area contributed by atoms with E-state index in [1.54, 1.807) is 21.6 Å². The van der Waals surface area contributed by atoms with Gasteiger partial charge in [0.1, 0.15) is 4.88 Å². The zero-order valence-corrected chi connectivity index (χ0v) is 15.6. The molecule has 4 rings (SSSR count). The Morgan fingerprint density at radius 3 is 2.56 bits per heavy atom. The number of amides is 1. The Balaban J connectivity index is 1.48. The second kappa shape index (κ2) is 7.03. The Kier molecular flexibility index (Phi) is 4.57. The predicted molar refractivity (Wildman–Crippen MR) is 102 cm³/mol. The van der Waals surface area contributed by atoms with E-state index in [0.29, 0.717) is 35.7 Å². The first-order valence-corrected chi connectivity index (χ1v) is 9.57.